The molecule has 216 valence electrons. The van der Waals surface area contributed by atoms with Crippen molar-refractivity contribution in [2.24, 2.45) is 5.73 Å². The van der Waals surface area contributed by atoms with Crippen molar-refractivity contribution < 1.29 is 0 Å². The minimum atomic E-state index is -0.0809. The monoisotopic (exact) mass is 565 g/mol. The van der Waals surface area contributed by atoms with Gasteiger partial charge < -0.3 is 26.6 Å². The van der Waals surface area contributed by atoms with Gasteiger partial charge in [-0.25, -0.2) is 0 Å². The molecule has 5 nitrogen and oxygen atoms in total. The van der Waals surface area contributed by atoms with E-state index in [0.29, 0.717) is 6.54 Å². The first-order valence-corrected chi connectivity index (χ1v) is 15.3. The number of anilines is 3. The van der Waals surface area contributed by atoms with Gasteiger partial charge in [-0.1, -0.05) is 105 Å². The van der Waals surface area contributed by atoms with Crippen molar-refractivity contribution in [3.63, 3.8) is 0 Å². The summed E-state index contributed by atoms with van der Waals surface area (Å²) in [7, 11) is 0. The second-order valence-electron chi connectivity index (χ2n) is 12.1. The highest BCUT2D eigenvalue weighted by molar-refractivity contribution is 5.91. The molecular weight excluding hydrogens is 526 g/mol. The van der Waals surface area contributed by atoms with E-state index in [4.69, 9.17) is 5.73 Å². The van der Waals surface area contributed by atoms with E-state index in [1.807, 2.05) is 0 Å². The number of nitrogens with two attached hydrogens (primary N) is 1. The van der Waals surface area contributed by atoms with E-state index in [1.54, 1.807) is 0 Å². The highest BCUT2D eigenvalue weighted by atomic mass is 15.2. The van der Waals surface area contributed by atoms with E-state index >= 15 is 0 Å². The van der Waals surface area contributed by atoms with Crippen molar-refractivity contribution in [1.82, 2.24) is 16.0 Å². The van der Waals surface area contributed by atoms with Gasteiger partial charge in [0.05, 0.1) is 28.8 Å². The maximum atomic E-state index is 6.35. The number of hydrogen-bond acceptors (Lipinski definition) is 5. The fourth-order valence-corrected chi connectivity index (χ4v) is 6.71. The van der Waals surface area contributed by atoms with Crippen LogP contribution in [0.1, 0.15) is 48.9 Å². The van der Waals surface area contributed by atoms with Crippen LogP contribution in [0.2, 0.25) is 0 Å². The number of fused-ring (bicyclic) bond motifs is 2. The Morgan fingerprint density at radius 3 is 2.00 bits per heavy atom. The van der Waals surface area contributed by atoms with Crippen LogP contribution >= 0.6 is 0 Å². The van der Waals surface area contributed by atoms with Crippen molar-refractivity contribution >= 4 is 28.5 Å². The molecule has 7 rings (SSSR count). The van der Waals surface area contributed by atoms with E-state index in [0.717, 1.165) is 41.1 Å². The third kappa shape index (κ3) is 4.90. The maximum absolute atomic E-state index is 6.35. The van der Waals surface area contributed by atoms with Gasteiger partial charge in [0.1, 0.15) is 6.17 Å². The Balaban J connectivity index is 1.28. The average Bonchev–Trinajstić information content (AvgIpc) is 3.06. The minimum Gasteiger partial charge on any atom is -0.375 e. The molecule has 0 spiro atoms. The Morgan fingerprint density at radius 2 is 1.37 bits per heavy atom. The summed E-state index contributed by atoms with van der Waals surface area (Å²) >= 11 is 0. The lowest BCUT2D eigenvalue weighted by atomic mass is 9.73. The first-order chi connectivity index (χ1) is 21.0. The van der Waals surface area contributed by atoms with Crippen LogP contribution < -0.4 is 26.6 Å². The summed E-state index contributed by atoms with van der Waals surface area (Å²) < 4.78 is 0. The number of nitrogens with one attached hydrogen (secondary N) is 3. The minimum absolute atomic E-state index is 0.0111. The summed E-state index contributed by atoms with van der Waals surface area (Å²) in [5.41, 5.74) is 18.1. The molecule has 3 aliphatic rings. The van der Waals surface area contributed by atoms with E-state index in [1.165, 1.54) is 28.2 Å². The van der Waals surface area contributed by atoms with Crippen molar-refractivity contribution in [1.29, 1.82) is 0 Å². The Hall–Kier alpha value is -4.74. The van der Waals surface area contributed by atoms with E-state index < -0.39 is 0 Å². The second kappa shape index (κ2) is 11.2. The maximum Gasteiger partial charge on any atom is 0.118 e. The van der Waals surface area contributed by atoms with Gasteiger partial charge in [0.25, 0.3) is 0 Å². The van der Waals surface area contributed by atoms with Crippen LogP contribution in [-0.4, -0.2) is 18.8 Å². The summed E-state index contributed by atoms with van der Waals surface area (Å²) in [6.07, 6.45) is 8.51. The van der Waals surface area contributed by atoms with E-state index in [2.05, 4.69) is 156 Å². The molecule has 2 heterocycles. The molecular formula is C38H39N5. The molecule has 2 unspecified atom stereocenters. The molecule has 5 N–H and O–H groups in total. The van der Waals surface area contributed by atoms with Crippen LogP contribution in [-0.2, 0) is 5.41 Å². The lowest BCUT2D eigenvalue weighted by Gasteiger charge is -2.42. The summed E-state index contributed by atoms with van der Waals surface area (Å²) in [5.74, 6) is 0. The molecule has 0 aromatic heterocycles. The van der Waals surface area contributed by atoms with Gasteiger partial charge in [-0.3, -0.25) is 0 Å². The van der Waals surface area contributed by atoms with E-state index in [9.17, 15) is 0 Å². The van der Waals surface area contributed by atoms with Gasteiger partial charge in [0.2, 0.25) is 0 Å². The van der Waals surface area contributed by atoms with Gasteiger partial charge in [-0.05, 0) is 65.4 Å². The van der Waals surface area contributed by atoms with Crippen molar-refractivity contribution in [3.05, 3.63) is 149 Å². The van der Waals surface area contributed by atoms with Crippen LogP contribution in [0.25, 0.3) is 11.4 Å². The molecule has 4 aromatic rings. The molecule has 5 heteroatoms. The lowest BCUT2D eigenvalue weighted by Crippen LogP contribution is -2.60. The molecule has 4 aromatic carbocycles. The van der Waals surface area contributed by atoms with Crippen LogP contribution in [0.5, 0.6) is 0 Å². The molecule has 43 heavy (non-hydrogen) atoms. The fraction of sp³-hybridized carbons (Fsp3) is 0.211. The largest absolute Gasteiger partial charge is 0.375 e. The van der Waals surface area contributed by atoms with Crippen LogP contribution in [0, 0.1) is 0 Å². The zero-order valence-corrected chi connectivity index (χ0v) is 24.8. The van der Waals surface area contributed by atoms with Gasteiger partial charge in [0.15, 0.2) is 0 Å². The van der Waals surface area contributed by atoms with Crippen molar-refractivity contribution in [2.45, 2.75) is 44.3 Å². The molecule has 0 radical (unpaired) electrons. The Labute approximate surface area is 254 Å². The average molecular weight is 566 g/mol. The van der Waals surface area contributed by atoms with Gasteiger partial charge >= 0.3 is 0 Å². The molecule has 2 aliphatic heterocycles. The van der Waals surface area contributed by atoms with Crippen LogP contribution in [0.15, 0.2) is 127 Å². The summed E-state index contributed by atoms with van der Waals surface area (Å²) in [4.78, 5) is 2.40. The molecule has 0 fully saturated rings. The Morgan fingerprint density at radius 1 is 0.767 bits per heavy atom. The summed E-state index contributed by atoms with van der Waals surface area (Å²) in [6.45, 7) is 5.14. The molecule has 0 amide bonds. The zero-order chi connectivity index (χ0) is 29.4. The molecule has 0 saturated heterocycles. The number of para-hydroxylation sites is 2. The normalized spacial score (nSPS) is 20.3. The Kier molecular flexibility index (Phi) is 7.04. The van der Waals surface area contributed by atoms with Crippen LogP contribution in [0.3, 0.4) is 0 Å². The fourth-order valence-electron chi connectivity index (χ4n) is 6.71. The standard InChI is InChI=1S/C38H39N5/c1-38(2)30-17-9-11-19-33(30)43(34-20-12-10-18-31(34)38)29-23-21-27(22-24-29)35-36(26-13-5-3-6-14-26)42-37(32(25-39)41-35)40-28-15-7-4-8-16-28/h3-7,9-15,17-24,32,37,40-42H,8,16,25,39H2,1-2H3. The molecule has 2 atom stereocenters. The topological polar surface area (TPSA) is 65.3 Å². The highest BCUT2D eigenvalue weighted by Gasteiger charge is 2.36. The van der Waals surface area contributed by atoms with Crippen LogP contribution in [0.4, 0.5) is 17.1 Å². The van der Waals surface area contributed by atoms with Gasteiger partial charge in [-0.2, -0.15) is 0 Å². The predicted molar refractivity (Wildman–Crippen MR) is 179 cm³/mol. The molecule has 0 bridgehead atoms. The molecule has 1 aliphatic carbocycles. The quantitative estimate of drug-likeness (QED) is 0.198. The summed E-state index contributed by atoms with van der Waals surface area (Å²) in [5, 5.41) is 11.4. The molecule has 0 saturated carbocycles. The van der Waals surface area contributed by atoms with Crippen molar-refractivity contribution in [2.75, 3.05) is 11.4 Å². The third-order valence-electron chi connectivity index (χ3n) is 9.00. The highest BCUT2D eigenvalue weighted by Crippen LogP contribution is 2.51. The Bertz CT molecular complexity index is 1670. The second-order valence-corrected chi connectivity index (χ2v) is 12.1. The number of rotatable bonds is 6. The summed E-state index contributed by atoms with van der Waals surface area (Å²) in [6, 6.07) is 37.0. The van der Waals surface area contributed by atoms with Gasteiger partial charge in [-0.15, -0.1) is 0 Å². The predicted octanol–water partition coefficient (Wildman–Crippen LogP) is 7.29. The van der Waals surface area contributed by atoms with Crippen molar-refractivity contribution in [3.8, 4) is 0 Å². The number of hydrogen-bond donors (Lipinski definition) is 4. The number of allylic oxidation sites excluding steroid dienone is 4. The zero-order valence-electron chi connectivity index (χ0n) is 24.8. The third-order valence-corrected chi connectivity index (χ3v) is 9.00. The smallest absolute Gasteiger partial charge is 0.118 e. The number of benzene rings is 4. The first-order valence-electron chi connectivity index (χ1n) is 15.3. The first kappa shape index (κ1) is 27.1. The van der Waals surface area contributed by atoms with E-state index in [-0.39, 0.29) is 17.6 Å². The lowest BCUT2D eigenvalue weighted by molar-refractivity contribution is 0.387. The van der Waals surface area contributed by atoms with Gasteiger partial charge in [0, 0.05) is 23.3 Å². The SMILES string of the molecule is CC1(C)c2ccccc2N(c2ccc(C3=C(c4ccccc4)NC(NC4=CC=CCC4)C(CN)N3)cc2)c2ccccc21. The number of nitrogens with zero attached hydrogens (tertiary/aromatic N) is 1.